The van der Waals surface area contributed by atoms with Gasteiger partial charge in [-0.3, -0.25) is 4.98 Å². The van der Waals surface area contributed by atoms with E-state index in [1.54, 1.807) is 24.5 Å². The van der Waals surface area contributed by atoms with Crippen LogP contribution in [0.3, 0.4) is 0 Å². The first-order chi connectivity index (χ1) is 7.27. The Morgan fingerprint density at radius 2 is 2.07 bits per heavy atom. The number of aromatic nitrogens is 2. The van der Waals surface area contributed by atoms with Gasteiger partial charge in [-0.15, -0.1) is 0 Å². The smallest absolute Gasteiger partial charge is 0.165 e. The van der Waals surface area contributed by atoms with Crippen LogP contribution in [0, 0.1) is 5.82 Å². The third kappa shape index (κ3) is 1.13. The average molecular weight is 221 g/mol. The number of nitrogens with zero attached hydrogens (tertiary/aromatic N) is 1. The van der Waals surface area contributed by atoms with Gasteiger partial charge in [0, 0.05) is 17.0 Å². The lowest BCUT2D eigenvalue weighted by Crippen LogP contribution is -1.78. The van der Waals surface area contributed by atoms with Gasteiger partial charge in [0.15, 0.2) is 5.82 Å². The lowest BCUT2D eigenvalue weighted by molar-refractivity contribution is 0.638. The molecule has 1 N–H and O–H groups in total. The molecule has 74 valence electrons. The highest BCUT2D eigenvalue weighted by atomic mass is 35.5. The number of aromatic amines is 1. The van der Waals surface area contributed by atoms with Crippen LogP contribution in [0.5, 0.6) is 0 Å². The molecule has 0 amide bonds. The molecule has 0 fully saturated rings. The Bertz CT molecular complexity index is 660. The molecule has 2 heterocycles. The molecule has 0 atom stereocenters. The maximum Gasteiger partial charge on any atom is 0.165 e. The van der Waals surface area contributed by atoms with Gasteiger partial charge in [0.05, 0.1) is 22.3 Å². The zero-order valence-corrected chi connectivity index (χ0v) is 8.35. The third-order valence-corrected chi connectivity index (χ3v) is 2.76. The van der Waals surface area contributed by atoms with E-state index in [4.69, 9.17) is 11.6 Å². The monoisotopic (exact) mass is 220 g/mol. The minimum absolute atomic E-state index is 0.127. The second-order valence-corrected chi connectivity index (χ2v) is 3.74. The van der Waals surface area contributed by atoms with Crippen molar-refractivity contribution in [2.24, 2.45) is 0 Å². The maximum absolute atomic E-state index is 13.7. The lowest BCUT2D eigenvalue weighted by atomic mass is 10.2. The largest absolute Gasteiger partial charge is 0.351 e. The van der Waals surface area contributed by atoms with Crippen molar-refractivity contribution in [3.05, 3.63) is 41.4 Å². The van der Waals surface area contributed by atoms with Crippen molar-refractivity contribution < 1.29 is 4.39 Å². The summed E-state index contributed by atoms with van der Waals surface area (Å²) >= 11 is 5.70. The molecule has 0 saturated carbocycles. The van der Waals surface area contributed by atoms with Crippen LogP contribution < -0.4 is 0 Å². The molecule has 1 aromatic carbocycles. The summed E-state index contributed by atoms with van der Waals surface area (Å²) in [5.74, 6) is -0.412. The summed E-state index contributed by atoms with van der Waals surface area (Å²) in [7, 11) is 0. The first-order valence-electron chi connectivity index (χ1n) is 4.47. The van der Waals surface area contributed by atoms with E-state index in [-0.39, 0.29) is 5.02 Å². The van der Waals surface area contributed by atoms with E-state index in [0.717, 1.165) is 16.3 Å². The molecular formula is C11H6ClFN2. The van der Waals surface area contributed by atoms with Gasteiger partial charge in [-0.05, 0) is 12.1 Å². The maximum atomic E-state index is 13.7. The zero-order chi connectivity index (χ0) is 10.4. The molecule has 0 aliphatic carbocycles. The molecule has 3 rings (SSSR count). The van der Waals surface area contributed by atoms with Gasteiger partial charge in [0.1, 0.15) is 0 Å². The van der Waals surface area contributed by atoms with Crippen LogP contribution in [0.1, 0.15) is 0 Å². The van der Waals surface area contributed by atoms with Crippen molar-refractivity contribution in [1.29, 1.82) is 0 Å². The fourth-order valence-corrected chi connectivity index (χ4v) is 1.92. The van der Waals surface area contributed by atoms with E-state index in [2.05, 4.69) is 9.97 Å². The summed E-state index contributed by atoms with van der Waals surface area (Å²) < 4.78 is 13.7. The first-order valence-corrected chi connectivity index (χ1v) is 4.84. The standard InChI is InChI=1S/C11H6ClFN2/c12-8-2-1-7-6-3-4-14-5-9(6)15-11(7)10(8)13/h1-5,15H. The van der Waals surface area contributed by atoms with E-state index in [0.29, 0.717) is 5.52 Å². The summed E-state index contributed by atoms with van der Waals surface area (Å²) in [6, 6.07) is 5.22. The van der Waals surface area contributed by atoms with Gasteiger partial charge in [-0.25, -0.2) is 4.39 Å². The summed E-state index contributed by atoms with van der Waals surface area (Å²) in [5, 5.41) is 1.91. The number of hydrogen-bond donors (Lipinski definition) is 1. The normalized spacial score (nSPS) is 11.3. The molecule has 0 saturated heterocycles. The van der Waals surface area contributed by atoms with Gasteiger partial charge in [-0.2, -0.15) is 0 Å². The van der Waals surface area contributed by atoms with Gasteiger partial charge in [0.2, 0.25) is 0 Å². The van der Waals surface area contributed by atoms with Crippen LogP contribution in [0.4, 0.5) is 4.39 Å². The highest BCUT2D eigenvalue weighted by molar-refractivity contribution is 6.31. The third-order valence-electron chi connectivity index (χ3n) is 2.47. The topological polar surface area (TPSA) is 28.7 Å². The van der Waals surface area contributed by atoms with Crippen molar-refractivity contribution in [1.82, 2.24) is 9.97 Å². The second kappa shape index (κ2) is 2.94. The van der Waals surface area contributed by atoms with Crippen molar-refractivity contribution in [2.45, 2.75) is 0 Å². The molecule has 4 heteroatoms. The first kappa shape index (κ1) is 8.68. The van der Waals surface area contributed by atoms with Gasteiger partial charge >= 0.3 is 0 Å². The highest BCUT2D eigenvalue weighted by Gasteiger charge is 2.10. The molecule has 0 aliphatic heterocycles. The molecule has 0 spiro atoms. The number of hydrogen-bond acceptors (Lipinski definition) is 1. The Kier molecular flexibility index (Phi) is 1.70. The Hall–Kier alpha value is -1.61. The minimum atomic E-state index is -0.412. The second-order valence-electron chi connectivity index (χ2n) is 3.33. The van der Waals surface area contributed by atoms with Crippen molar-refractivity contribution in [3.8, 4) is 0 Å². The minimum Gasteiger partial charge on any atom is -0.351 e. The molecule has 0 aliphatic rings. The van der Waals surface area contributed by atoms with Gasteiger partial charge < -0.3 is 4.98 Å². The van der Waals surface area contributed by atoms with E-state index in [1.807, 2.05) is 6.07 Å². The number of halogens is 2. The van der Waals surface area contributed by atoms with Crippen LogP contribution in [-0.2, 0) is 0 Å². The predicted molar refractivity (Wildman–Crippen MR) is 58.6 cm³/mol. The van der Waals surface area contributed by atoms with Crippen molar-refractivity contribution in [2.75, 3.05) is 0 Å². The quantitative estimate of drug-likeness (QED) is 0.617. The summed E-state index contributed by atoms with van der Waals surface area (Å²) in [5.41, 5.74) is 1.25. The fourth-order valence-electron chi connectivity index (χ4n) is 1.76. The molecule has 0 radical (unpaired) electrons. The molecule has 2 aromatic heterocycles. The molecule has 0 unspecified atom stereocenters. The van der Waals surface area contributed by atoms with Crippen LogP contribution in [0.15, 0.2) is 30.6 Å². The SMILES string of the molecule is Fc1c(Cl)ccc2c1[nH]c1cnccc12. The zero-order valence-electron chi connectivity index (χ0n) is 7.59. The summed E-state index contributed by atoms with van der Waals surface area (Å²) in [6.07, 6.45) is 3.35. The summed E-state index contributed by atoms with van der Waals surface area (Å²) in [4.78, 5) is 6.94. The molecule has 2 nitrogen and oxygen atoms in total. The van der Waals surface area contributed by atoms with Crippen LogP contribution >= 0.6 is 11.6 Å². The van der Waals surface area contributed by atoms with E-state index >= 15 is 0 Å². The number of rotatable bonds is 0. The van der Waals surface area contributed by atoms with Crippen LogP contribution in [-0.4, -0.2) is 9.97 Å². The predicted octanol–water partition coefficient (Wildman–Crippen LogP) is 3.51. The number of H-pyrrole nitrogens is 1. The Morgan fingerprint density at radius 3 is 2.93 bits per heavy atom. The fraction of sp³-hybridized carbons (Fsp3) is 0. The summed E-state index contributed by atoms with van der Waals surface area (Å²) in [6.45, 7) is 0. The number of fused-ring (bicyclic) bond motifs is 3. The van der Waals surface area contributed by atoms with Crippen LogP contribution in [0.25, 0.3) is 21.8 Å². The Labute approximate surface area is 89.7 Å². The van der Waals surface area contributed by atoms with E-state index in [1.165, 1.54) is 0 Å². The molecular weight excluding hydrogens is 215 g/mol. The van der Waals surface area contributed by atoms with E-state index < -0.39 is 5.82 Å². The number of benzene rings is 1. The van der Waals surface area contributed by atoms with Crippen molar-refractivity contribution >= 4 is 33.4 Å². The van der Waals surface area contributed by atoms with Gasteiger partial charge in [0.25, 0.3) is 0 Å². The molecule has 15 heavy (non-hydrogen) atoms. The highest BCUT2D eigenvalue weighted by Crippen LogP contribution is 2.29. The van der Waals surface area contributed by atoms with Gasteiger partial charge in [-0.1, -0.05) is 17.7 Å². The molecule has 3 aromatic rings. The Balaban J connectivity index is 2.60. The van der Waals surface area contributed by atoms with Crippen molar-refractivity contribution in [3.63, 3.8) is 0 Å². The molecule has 0 bridgehead atoms. The lowest BCUT2D eigenvalue weighted by Gasteiger charge is -1.94. The van der Waals surface area contributed by atoms with E-state index in [9.17, 15) is 4.39 Å². The average Bonchev–Trinajstić information content (AvgIpc) is 2.63. The van der Waals surface area contributed by atoms with Crippen LogP contribution in [0.2, 0.25) is 5.02 Å². The Morgan fingerprint density at radius 1 is 1.20 bits per heavy atom. The number of nitrogens with one attached hydrogen (secondary N) is 1. The number of pyridine rings is 1.